The predicted molar refractivity (Wildman–Crippen MR) is 157 cm³/mol. The maximum atomic E-state index is 11.8. The molecule has 0 heterocycles. The van der Waals surface area contributed by atoms with Gasteiger partial charge in [0.15, 0.2) is 11.6 Å². The fourth-order valence-corrected chi connectivity index (χ4v) is 6.28. The zero-order valence-corrected chi connectivity index (χ0v) is 27.2. The standard InChI is InChI=1S/2C16H19ClO3.Ca/c2*17-14-10-12(15(18)8-9-16(19)20)6-7-13(14)11-4-2-1-3-5-11;/h2*6-7,10-11H,1-5,8-9H2,(H,19,20);/q;;+2/p-2. The predicted octanol–water partition coefficient (Wildman–Crippen LogP) is 5.82. The van der Waals surface area contributed by atoms with Gasteiger partial charge in [0.1, 0.15) is 0 Å². The second-order valence-corrected chi connectivity index (χ2v) is 11.5. The third-order valence-electron chi connectivity index (χ3n) is 7.85. The molecule has 2 saturated carbocycles. The van der Waals surface area contributed by atoms with Crippen molar-refractivity contribution in [2.24, 2.45) is 0 Å². The minimum Gasteiger partial charge on any atom is -0.550 e. The summed E-state index contributed by atoms with van der Waals surface area (Å²) in [5.41, 5.74) is 3.19. The molecule has 2 aliphatic rings. The van der Waals surface area contributed by atoms with E-state index in [2.05, 4.69) is 0 Å². The molecule has 0 bridgehead atoms. The van der Waals surface area contributed by atoms with Crippen LogP contribution in [0, 0.1) is 0 Å². The van der Waals surface area contributed by atoms with Gasteiger partial charge in [0, 0.05) is 46.0 Å². The van der Waals surface area contributed by atoms with Crippen LogP contribution in [0.3, 0.4) is 0 Å². The van der Waals surface area contributed by atoms with Crippen molar-refractivity contribution < 1.29 is 29.4 Å². The van der Waals surface area contributed by atoms with Gasteiger partial charge in [-0.05, 0) is 73.6 Å². The molecule has 2 aliphatic carbocycles. The Bertz CT molecular complexity index is 1110. The molecule has 0 atom stereocenters. The molecule has 0 unspecified atom stereocenters. The number of halogens is 2. The van der Waals surface area contributed by atoms with Crippen molar-refractivity contribution in [2.45, 2.75) is 102 Å². The van der Waals surface area contributed by atoms with E-state index < -0.39 is 11.9 Å². The molecule has 2 aromatic rings. The Kier molecular flexibility index (Phi) is 15.9. The van der Waals surface area contributed by atoms with E-state index in [0.717, 1.165) is 36.8 Å². The Morgan fingerprint density at radius 2 is 0.927 bits per heavy atom. The number of carboxylic acid groups (broad SMARTS) is 2. The summed E-state index contributed by atoms with van der Waals surface area (Å²) >= 11 is 12.6. The first-order chi connectivity index (χ1) is 19.2. The Hall–Kier alpha value is -1.44. The Morgan fingerprint density at radius 3 is 1.22 bits per heavy atom. The summed E-state index contributed by atoms with van der Waals surface area (Å²) in [6, 6.07) is 10.7. The molecule has 0 N–H and O–H groups in total. The van der Waals surface area contributed by atoms with Crippen molar-refractivity contribution >= 4 is 84.4 Å². The van der Waals surface area contributed by atoms with Gasteiger partial charge in [0.2, 0.25) is 0 Å². The van der Waals surface area contributed by atoms with Gasteiger partial charge in [-0.25, -0.2) is 0 Å². The zero-order chi connectivity index (χ0) is 29.1. The zero-order valence-electron chi connectivity index (χ0n) is 23.4. The van der Waals surface area contributed by atoms with Crippen LogP contribution in [0.5, 0.6) is 0 Å². The number of ketones is 2. The Labute approximate surface area is 282 Å². The molecule has 0 radical (unpaired) electrons. The summed E-state index contributed by atoms with van der Waals surface area (Å²) in [6.07, 6.45) is 11.5. The molecule has 0 aromatic heterocycles. The van der Waals surface area contributed by atoms with Gasteiger partial charge in [0.25, 0.3) is 0 Å². The van der Waals surface area contributed by atoms with Gasteiger partial charge >= 0.3 is 37.7 Å². The first-order valence-corrected chi connectivity index (χ1v) is 15.0. The molecule has 0 amide bonds. The van der Waals surface area contributed by atoms with Crippen LogP contribution in [0.2, 0.25) is 10.0 Å². The van der Waals surface area contributed by atoms with Crippen LogP contribution >= 0.6 is 23.2 Å². The van der Waals surface area contributed by atoms with Crippen LogP contribution in [0.15, 0.2) is 36.4 Å². The van der Waals surface area contributed by atoms with Crippen molar-refractivity contribution in [3.8, 4) is 0 Å². The van der Waals surface area contributed by atoms with Gasteiger partial charge in [-0.15, -0.1) is 0 Å². The van der Waals surface area contributed by atoms with Crippen LogP contribution in [0.1, 0.15) is 134 Å². The molecule has 216 valence electrons. The average molecular weight is 628 g/mol. The van der Waals surface area contributed by atoms with Crippen LogP contribution in [-0.2, 0) is 9.59 Å². The maximum Gasteiger partial charge on any atom is 2.00 e. The number of benzene rings is 2. The summed E-state index contributed by atoms with van der Waals surface area (Å²) in [6.45, 7) is 0. The van der Waals surface area contributed by atoms with E-state index in [9.17, 15) is 29.4 Å². The average Bonchev–Trinajstić information content (AvgIpc) is 2.95. The molecule has 4 rings (SSSR count). The van der Waals surface area contributed by atoms with Crippen LogP contribution in [0.25, 0.3) is 0 Å². The molecule has 6 nitrogen and oxygen atoms in total. The second kappa shape index (κ2) is 18.3. The third-order valence-corrected chi connectivity index (χ3v) is 8.50. The largest absolute Gasteiger partial charge is 2.00 e. The number of hydrogen-bond donors (Lipinski definition) is 0. The number of aliphatic carboxylic acids is 2. The van der Waals surface area contributed by atoms with Gasteiger partial charge < -0.3 is 19.8 Å². The summed E-state index contributed by atoms with van der Waals surface area (Å²) in [7, 11) is 0. The number of carbonyl (C=O) groups is 4. The van der Waals surface area contributed by atoms with E-state index in [0.29, 0.717) is 33.0 Å². The van der Waals surface area contributed by atoms with Gasteiger partial charge in [-0.1, -0.05) is 86.0 Å². The molecular formula is C32H36CaCl2O6. The summed E-state index contributed by atoms with van der Waals surface area (Å²) < 4.78 is 0. The van der Waals surface area contributed by atoms with Gasteiger partial charge in [0.05, 0.1) is 0 Å². The molecular weight excluding hydrogens is 591 g/mol. The Balaban J connectivity index is 0.000000280. The molecule has 2 aromatic carbocycles. The molecule has 0 spiro atoms. The van der Waals surface area contributed by atoms with E-state index in [1.165, 1.54) is 38.5 Å². The smallest absolute Gasteiger partial charge is 0.550 e. The Morgan fingerprint density at radius 1 is 0.585 bits per heavy atom. The number of carbonyl (C=O) groups excluding carboxylic acids is 4. The first kappa shape index (κ1) is 35.8. The van der Waals surface area contributed by atoms with Crippen molar-refractivity contribution in [3.05, 3.63) is 68.7 Å². The minimum absolute atomic E-state index is 0. The van der Waals surface area contributed by atoms with E-state index in [4.69, 9.17) is 23.2 Å². The van der Waals surface area contributed by atoms with E-state index in [-0.39, 0.29) is 75.0 Å². The van der Waals surface area contributed by atoms with Crippen molar-refractivity contribution in [2.75, 3.05) is 0 Å². The summed E-state index contributed by atoms with van der Waals surface area (Å²) in [4.78, 5) is 44.4. The molecule has 0 aliphatic heterocycles. The van der Waals surface area contributed by atoms with Crippen LogP contribution in [0.4, 0.5) is 0 Å². The number of Topliss-reactive ketones (excluding diaryl/α,β-unsaturated/α-hetero) is 2. The monoisotopic (exact) mass is 626 g/mol. The van der Waals surface area contributed by atoms with Crippen LogP contribution in [-0.4, -0.2) is 61.2 Å². The molecule has 0 saturated heterocycles. The summed E-state index contributed by atoms with van der Waals surface area (Å²) in [5, 5.41) is 22.0. The van der Waals surface area contributed by atoms with Crippen molar-refractivity contribution in [1.29, 1.82) is 0 Å². The maximum absolute atomic E-state index is 11.8. The number of hydrogen-bond acceptors (Lipinski definition) is 6. The van der Waals surface area contributed by atoms with Crippen molar-refractivity contribution in [1.82, 2.24) is 0 Å². The minimum atomic E-state index is -1.21. The van der Waals surface area contributed by atoms with Crippen molar-refractivity contribution in [3.63, 3.8) is 0 Å². The fourth-order valence-electron chi connectivity index (χ4n) is 5.61. The molecule has 2 fully saturated rings. The number of carboxylic acids is 2. The van der Waals surface area contributed by atoms with E-state index >= 15 is 0 Å². The van der Waals surface area contributed by atoms with E-state index in [1.807, 2.05) is 12.1 Å². The first-order valence-electron chi connectivity index (χ1n) is 14.2. The normalized spacial score (nSPS) is 15.7. The second-order valence-electron chi connectivity index (χ2n) is 10.7. The van der Waals surface area contributed by atoms with Gasteiger partial charge in [-0.2, -0.15) is 0 Å². The van der Waals surface area contributed by atoms with E-state index in [1.54, 1.807) is 24.3 Å². The van der Waals surface area contributed by atoms with Crippen LogP contribution < -0.4 is 10.2 Å². The van der Waals surface area contributed by atoms with Gasteiger partial charge in [-0.3, -0.25) is 9.59 Å². The fraction of sp³-hybridized carbons (Fsp3) is 0.500. The third kappa shape index (κ3) is 11.6. The molecule has 9 heteroatoms. The summed E-state index contributed by atoms with van der Waals surface area (Å²) in [5.74, 6) is -1.84. The quantitative estimate of drug-likeness (QED) is 0.242. The number of rotatable bonds is 10. The molecule has 41 heavy (non-hydrogen) atoms. The topological polar surface area (TPSA) is 114 Å². The SMILES string of the molecule is O=C([O-])CCC(=O)c1ccc(C2CCCCC2)c(Cl)c1.O=C([O-])CCC(=O)c1ccc(C2CCCCC2)c(Cl)c1.[Ca+2].